The first-order valence-electron chi connectivity index (χ1n) is 6.94. The first kappa shape index (κ1) is 10.1. The molecule has 2 heteroatoms. The van der Waals surface area contributed by atoms with Crippen LogP contribution in [0.1, 0.15) is 51.4 Å². The van der Waals surface area contributed by atoms with Crippen LogP contribution in [0.25, 0.3) is 0 Å². The minimum Gasteiger partial charge on any atom is -0.311 e. The summed E-state index contributed by atoms with van der Waals surface area (Å²) in [4.78, 5) is 2.87. The van der Waals surface area contributed by atoms with Crippen LogP contribution in [0.5, 0.6) is 0 Å². The summed E-state index contributed by atoms with van der Waals surface area (Å²) in [5, 5.41) is 3.73. The molecule has 1 N–H and O–H groups in total. The van der Waals surface area contributed by atoms with E-state index in [0.29, 0.717) is 0 Å². The Bertz CT molecular complexity index is 209. The van der Waals surface area contributed by atoms with Gasteiger partial charge in [0.05, 0.1) is 0 Å². The largest absolute Gasteiger partial charge is 0.311 e. The van der Waals surface area contributed by atoms with Crippen molar-refractivity contribution in [1.82, 2.24) is 10.2 Å². The molecule has 0 amide bonds. The van der Waals surface area contributed by atoms with E-state index in [4.69, 9.17) is 0 Å². The molecular formula is C13H24N2. The molecule has 1 saturated heterocycles. The highest BCUT2D eigenvalue weighted by atomic mass is 15.3. The molecule has 2 nitrogen and oxygen atoms in total. The molecule has 0 unspecified atom stereocenters. The maximum Gasteiger partial charge on any atom is 0.0252 e. The fourth-order valence-corrected chi connectivity index (χ4v) is 3.98. The van der Waals surface area contributed by atoms with Gasteiger partial charge in [0.25, 0.3) is 0 Å². The van der Waals surface area contributed by atoms with Crippen molar-refractivity contribution in [2.45, 2.75) is 69.5 Å². The lowest BCUT2D eigenvalue weighted by molar-refractivity contribution is 0.0513. The fraction of sp³-hybridized carbons (Fsp3) is 1.00. The Kier molecular flexibility index (Phi) is 2.98. The molecule has 0 radical (unpaired) electrons. The van der Waals surface area contributed by atoms with Gasteiger partial charge in [-0.2, -0.15) is 0 Å². The maximum atomic E-state index is 3.73. The Morgan fingerprint density at radius 2 is 1.60 bits per heavy atom. The summed E-state index contributed by atoms with van der Waals surface area (Å²) in [5.41, 5.74) is 0. The zero-order chi connectivity index (χ0) is 10.1. The monoisotopic (exact) mass is 208 g/mol. The zero-order valence-corrected chi connectivity index (χ0v) is 9.75. The van der Waals surface area contributed by atoms with Gasteiger partial charge in [-0.25, -0.2) is 0 Å². The predicted octanol–water partition coefficient (Wildman–Crippen LogP) is 2.15. The third-order valence-electron chi connectivity index (χ3n) is 4.73. The van der Waals surface area contributed by atoms with Gasteiger partial charge in [0.2, 0.25) is 0 Å². The van der Waals surface area contributed by atoms with E-state index < -0.39 is 0 Å². The topological polar surface area (TPSA) is 15.3 Å². The van der Waals surface area contributed by atoms with Gasteiger partial charge in [-0.1, -0.05) is 25.7 Å². The van der Waals surface area contributed by atoms with Crippen LogP contribution in [0.2, 0.25) is 0 Å². The predicted molar refractivity (Wildman–Crippen MR) is 63.0 cm³/mol. The average molecular weight is 208 g/mol. The molecule has 15 heavy (non-hydrogen) atoms. The van der Waals surface area contributed by atoms with Gasteiger partial charge in [-0.3, -0.25) is 4.90 Å². The van der Waals surface area contributed by atoms with E-state index in [1.807, 2.05) is 0 Å². The SMILES string of the molecule is C1CCC(N2CCN[C@@H]3CCCC[C@@H]32)C1. The van der Waals surface area contributed by atoms with Crippen LogP contribution in [0, 0.1) is 0 Å². The lowest BCUT2D eigenvalue weighted by atomic mass is 9.86. The number of hydrogen-bond acceptors (Lipinski definition) is 2. The summed E-state index contributed by atoms with van der Waals surface area (Å²) in [6.07, 6.45) is 11.7. The summed E-state index contributed by atoms with van der Waals surface area (Å²) in [6.45, 7) is 2.55. The van der Waals surface area contributed by atoms with Crippen molar-refractivity contribution in [2.75, 3.05) is 13.1 Å². The van der Waals surface area contributed by atoms with Gasteiger partial charge in [0.1, 0.15) is 0 Å². The van der Waals surface area contributed by atoms with E-state index in [2.05, 4.69) is 10.2 Å². The van der Waals surface area contributed by atoms with Crippen molar-refractivity contribution < 1.29 is 0 Å². The number of rotatable bonds is 1. The van der Waals surface area contributed by atoms with Crippen molar-refractivity contribution in [3.8, 4) is 0 Å². The second-order valence-corrected chi connectivity index (χ2v) is 5.59. The molecule has 1 aliphatic heterocycles. The van der Waals surface area contributed by atoms with E-state index in [-0.39, 0.29) is 0 Å². The van der Waals surface area contributed by atoms with Gasteiger partial charge >= 0.3 is 0 Å². The van der Waals surface area contributed by atoms with E-state index in [9.17, 15) is 0 Å². The smallest absolute Gasteiger partial charge is 0.0252 e. The normalized spacial score (nSPS) is 39.2. The van der Waals surface area contributed by atoms with Crippen molar-refractivity contribution >= 4 is 0 Å². The first-order valence-corrected chi connectivity index (χ1v) is 6.94. The van der Waals surface area contributed by atoms with Crippen molar-refractivity contribution in [1.29, 1.82) is 0 Å². The Labute approximate surface area is 93.4 Å². The summed E-state index contributed by atoms with van der Waals surface area (Å²) < 4.78 is 0. The Balaban J connectivity index is 1.69. The third kappa shape index (κ3) is 1.94. The second kappa shape index (κ2) is 4.42. The van der Waals surface area contributed by atoms with Crippen molar-refractivity contribution in [3.05, 3.63) is 0 Å². The maximum absolute atomic E-state index is 3.73. The second-order valence-electron chi connectivity index (χ2n) is 5.59. The van der Waals surface area contributed by atoms with E-state index in [1.165, 1.54) is 64.5 Å². The number of nitrogens with zero attached hydrogens (tertiary/aromatic N) is 1. The number of nitrogens with one attached hydrogen (secondary N) is 1. The highest BCUT2D eigenvalue weighted by molar-refractivity contribution is 4.95. The molecule has 2 aliphatic carbocycles. The molecule has 0 bridgehead atoms. The molecule has 86 valence electrons. The first-order chi connectivity index (χ1) is 7.45. The molecule has 0 spiro atoms. The van der Waals surface area contributed by atoms with Crippen LogP contribution in [0.15, 0.2) is 0 Å². The van der Waals surface area contributed by atoms with Crippen molar-refractivity contribution in [3.63, 3.8) is 0 Å². The molecule has 0 aromatic carbocycles. The Hall–Kier alpha value is -0.0800. The number of hydrogen-bond donors (Lipinski definition) is 1. The number of piperazine rings is 1. The third-order valence-corrected chi connectivity index (χ3v) is 4.73. The molecule has 3 fully saturated rings. The molecular weight excluding hydrogens is 184 g/mol. The lowest BCUT2D eigenvalue weighted by Gasteiger charge is -2.47. The van der Waals surface area contributed by atoms with E-state index in [0.717, 1.165) is 18.1 Å². The van der Waals surface area contributed by atoms with Crippen LogP contribution < -0.4 is 5.32 Å². The average Bonchev–Trinajstić information content (AvgIpc) is 2.82. The summed E-state index contributed by atoms with van der Waals surface area (Å²) >= 11 is 0. The summed E-state index contributed by atoms with van der Waals surface area (Å²) in [5.74, 6) is 0. The molecule has 1 heterocycles. The molecule has 3 aliphatic rings. The summed E-state index contributed by atoms with van der Waals surface area (Å²) in [7, 11) is 0. The van der Waals surface area contributed by atoms with Crippen LogP contribution in [-0.4, -0.2) is 36.1 Å². The van der Waals surface area contributed by atoms with Crippen LogP contribution in [0.3, 0.4) is 0 Å². The summed E-state index contributed by atoms with van der Waals surface area (Å²) in [6, 6.07) is 2.65. The van der Waals surface area contributed by atoms with Crippen LogP contribution >= 0.6 is 0 Å². The quantitative estimate of drug-likeness (QED) is 0.710. The van der Waals surface area contributed by atoms with Crippen molar-refractivity contribution in [2.24, 2.45) is 0 Å². The molecule has 0 aromatic heterocycles. The zero-order valence-electron chi connectivity index (χ0n) is 9.75. The highest BCUT2D eigenvalue weighted by Crippen LogP contribution is 2.32. The van der Waals surface area contributed by atoms with Crippen LogP contribution in [-0.2, 0) is 0 Å². The van der Waals surface area contributed by atoms with Gasteiger partial charge < -0.3 is 5.32 Å². The van der Waals surface area contributed by atoms with E-state index >= 15 is 0 Å². The molecule has 3 rings (SSSR count). The van der Waals surface area contributed by atoms with Gasteiger partial charge in [-0.05, 0) is 25.7 Å². The van der Waals surface area contributed by atoms with Crippen LogP contribution in [0.4, 0.5) is 0 Å². The minimum absolute atomic E-state index is 0.827. The Morgan fingerprint density at radius 3 is 2.47 bits per heavy atom. The lowest BCUT2D eigenvalue weighted by Crippen LogP contribution is -2.61. The van der Waals surface area contributed by atoms with Gasteiger partial charge in [0, 0.05) is 31.2 Å². The highest BCUT2D eigenvalue weighted by Gasteiger charge is 2.36. The standard InChI is InChI=1S/C13H24N2/c1-2-6-11(5-1)15-10-9-14-12-7-3-4-8-13(12)15/h11-14H,1-10H2/t12-,13+/m1/s1. The fourth-order valence-electron chi connectivity index (χ4n) is 3.98. The Morgan fingerprint density at radius 1 is 0.867 bits per heavy atom. The minimum atomic E-state index is 0.827. The van der Waals surface area contributed by atoms with Gasteiger partial charge in [0.15, 0.2) is 0 Å². The number of fused-ring (bicyclic) bond motifs is 1. The molecule has 0 aromatic rings. The van der Waals surface area contributed by atoms with Gasteiger partial charge in [-0.15, -0.1) is 0 Å². The van der Waals surface area contributed by atoms with E-state index in [1.54, 1.807) is 0 Å². The molecule has 2 atom stereocenters. The molecule has 2 saturated carbocycles.